The van der Waals surface area contributed by atoms with Gasteiger partial charge in [0.25, 0.3) is 0 Å². The van der Waals surface area contributed by atoms with E-state index in [1.165, 1.54) is 13.3 Å². The van der Waals surface area contributed by atoms with Crippen LogP contribution in [-0.4, -0.2) is 34.7 Å². The van der Waals surface area contributed by atoms with Gasteiger partial charge in [-0.05, 0) is 32.9 Å². The fourth-order valence-corrected chi connectivity index (χ4v) is 1.85. The van der Waals surface area contributed by atoms with Crippen molar-refractivity contribution in [3.05, 3.63) is 42.4 Å². The molecule has 0 aliphatic rings. The molecule has 0 bridgehead atoms. The van der Waals surface area contributed by atoms with Crippen molar-refractivity contribution in [3.63, 3.8) is 0 Å². The Hall–Kier alpha value is -2.96. The lowest BCUT2D eigenvalue weighted by molar-refractivity contribution is 0.0591. The van der Waals surface area contributed by atoms with E-state index in [1.54, 1.807) is 51.2 Å². The number of nitrogens with zero attached hydrogens (tertiary/aromatic N) is 2. The molecule has 1 amide bonds. The summed E-state index contributed by atoms with van der Waals surface area (Å²) < 4.78 is 9.81. The lowest BCUT2D eigenvalue weighted by Gasteiger charge is -2.19. The number of methoxy groups -OCH3 is 1. The lowest BCUT2D eigenvalue weighted by Crippen LogP contribution is -2.27. The van der Waals surface area contributed by atoms with E-state index in [9.17, 15) is 9.59 Å². The van der Waals surface area contributed by atoms with E-state index >= 15 is 0 Å². The molecular weight excluding hydrogens is 310 g/mol. The molecule has 0 saturated heterocycles. The Morgan fingerprint density at radius 3 is 2.33 bits per heavy atom. The van der Waals surface area contributed by atoms with Gasteiger partial charge in [0.2, 0.25) is 0 Å². The molecule has 2 rings (SSSR count). The SMILES string of the molecule is COC(=O)c1cncc(-c2ccc(NC(=O)OC(C)(C)C)cc2)n1. The molecule has 0 aliphatic heterocycles. The third-order valence-corrected chi connectivity index (χ3v) is 2.86. The minimum atomic E-state index is -0.562. The molecule has 7 nitrogen and oxygen atoms in total. The van der Waals surface area contributed by atoms with Crippen molar-refractivity contribution in [3.8, 4) is 11.3 Å². The monoisotopic (exact) mass is 329 g/mol. The topological polar surface area (TPSA) is 90.4 Å². The highest BCUT2D eigenvalue weighted by Gasteiger charge is 2.16. The van der Waals surface area contributed by atoms with Gasteiger partial charge in [0.15, 0.2) is 5.69 Å². The minimum absolute atomic E-state index is 0.131. The quantitative estimate of drug-likeness (QED) is 0.869. The Labute approximate surface area is 140 Å². The molecule has 1 heterocycles. The number of aromatic nitrogens is 2. The number of hydrogen-bond acceptors (Lipinski definition) is 6. The van der Waals surface area contributed by atoms with E-state index in [4.69, 9.17) is 4.74 Å². The number of rotatable bonds is 3. The largest absolute Gasteiger partial charge is 0.464 e. The van der Waals surface area contributed by atoms with Crippen LogP contribution in [0.3, 0.4) is 0 Å². The van der Waals surface area contributed by atoms with Gasteiger partial charge in [0.1, 0.15) is 5.60 Å². The van der Waals surface area contributed by atoms with E-state index in [0.717, 1.165) is 5.56 Å². The van der Waals surface area contributed by atoms with Crippen LogP contribution in [0.2, 0.25) is 0 Å². The second kappa shape index (κ2) is 7.08. The van der Waals surface area contributed by atoms with Crippen molar-refractivity contribution in [1.82, 2.24) is 9.97 Å². The summed E-state index contributed by atoms with van der Waals surface area (Å²) >= 11 is 0. The van der Waals surface area contributed by atoms with Crippen LogP contribution in [0.5, 0.6) is 0 Å². The van der Waals surface area contributed by atoms with Crippen molar-refractivity contribution in [2.24, 2.45) is 0 Å². The van der Waals surface area contributed by atoms with Gasteiger partial charge in [-0.25, -0.2) is 14.6 Å². The molecule has 0 spiro atoms. The standard InChI is InChI=1S/C17H19N3O4/c1-17(2,3)24-16(22)19-12-7-5-11(6-8-12)13-9-18-10-14(20-13)15(21)23-4/h5-10H,1-4H3,(H,19,22). The van der Waals surface area contributed by atoms with Crippen molar-refractivity contribution < 1.29 is 19.1 Å². The molecule has 1 aromatic carbocycles. The summed E-state index contributed by atoms with van der Waals surface area (Å²) in [5.74, 6) is -0.549. The Morgan fingerprint density at radius 2 is 1.75 bits per heavy atom. The maximum absolute atomic E-state index is 11.7. The summed E-state index contributed by atoms with van der Waals surface area (Å²) in [6.07, 6.45) is 2.36. The fraction of sp³-hybridized carbons (Fsp3) is 0.294. The predicted octanol–water partition coefficient (Wildman–Crippen LogP) is 3.28. The molecule has 2 aromatic rings. The Bertz CT molecular complexity index is 736. The summed E-state index contributed by atoms with van der Waals surface area (Å²) in [5.41, 5.74) is 1.44. The highest BCUT2D eigenvalue weighted by molar-refractivity contribution is 5.87. The lowest BCUT2D eigenvalue weighted by atomic mass is 10.1. The third-order valence-electron chi connectivity index (χ3n) is 2.86. The van der Waals surface area contributed by atoms with E-state index in [1.807, 2.05) is 0 Å². The summed E-state index contributed by atoms with van der Waals surface area (Å²) in [6.45, 7) is 5.38. The molecule has 0 unspecified atom stereocenters. The highest BCUT2D eigenvalue weighted by Crippen LogP contribution is 2.20. The predicted molar refractivity (Wildman–Crippen MR) is 88.7 cm³/mol. The average molecular weight is 329 g/mol. The molecule has 1 aromatic heterocycles. The van der Waals surface area contributed by atoms with Crippen LogP contribution >= 0.6 is 0 Å². The van der Waals surface area contributed by atoms with Gasteiger partial charge in [0.05, 0.1) is 25.2 Å². The first-order chi connectivity index (χ1) is 11.3. The second-order valence-electron chi connectivity index (χ2n) is 5.99. The van der Waals surface area contributed by atoms with Crippen molar-refractivity contribution in [2.45, 2.75) is 26.4 Å². The van der Waals surface area contributed by atoms with Gasteiger partial charge in [0, 0.05) is 11.3 Å². The summed E-state index contributed by atoms with van der Waals surface area (Å²) in [7, 11) is 1.29. The number of esters is 1. The zero-order valence-corrected chi connectivity index (χ0v) is 14.0. The second-order valence-corrected chi connectivity index (χ2v) is 5.99. The van der Waals surface area contributed by atoms with Gasteiger partial charge in [-0.2, -0.15) is 0 Å². The number of carbonyl (C=O) groups excluding carboxylic acids is 2. The van der Waals surface area contributed by atoms with Crippen LogP contribution in [0, 0.1) is 0 Å². The molecule has 0 atom stereocenters. The van der Waals surface area contributed by atoms with Crippen LogP contribution in [0.4, 0.5) is 10.5 Å². The van der Waals surface area contributed by atoms with Crippen LogP contribution in [0.1, 0.15) is 31.3 Å². The van der Waals surface area contributed by atoms with Gasteiger partial charge < -0.3 is 9.47 Å². The van der Waals surface area contributed by atoms with E-state index in [2.05, 4.69) is 20.0 Å². The molecule has 0 fully saturated rings. The van der Waals surface area contributed by atoms with E-state index in [-0.39, 0.29) is 5.69 Å². The summed E-state index contributed by atoms with van der Waals surface area (Å²) in [4.78, 5) is 31.4. The number of amides is 1. The van der Waals surface area contributed by atoms with Gasteiger partial charge in [-0.15, -0.1) is 0 Å². The van der Waals surface area contributed by atoms with E-state index < -0.39 is 17.7 Å². The Balaban J connectivity index is 2.12. The van der Waals surface area contributed by atoms with Crippen LogP contribution < -0.4 is 5.32 Å². The van der Waals surface area contributed by atoms with Crippen LogP contribution in [0.15, 0.2) is 36.7 Å². The number of anilines is 1. The number of benzene rings is 1. The fourth-order valence-electron chi connectivity index (χ4n) is 1.85. The smallest absolute Gasteiger partial charge is 0.412 e. The van der Waals surface area contributed by atoms with Crippen LogP contribution in [0.25, 0.3) is 11.3 Å². The zero-order valence-electron chi connectivity index (χ0n) is 14.0. The van der Waals surface area contributed by atoms with Crippen molar-refractivity contribution >= 4 is 17.7 Å². The molecule has 1 N–H and O–H groups in total. The number of ether oxygens (including phenoxy) is 2. The first-order valence-electron chi connectivity index (χ1n) is 7.29. The Morgan fingerprint density at radius 1 is 1.08 bits per heavy atom. The average Bonchev–Trinajstić information content (AvgIpc) is 2.53. The number of hydrogen-bond donors (Lipinski definition) is 1. The third kappa shape index (κ3) is 4.77. The normalized spacial score (nSPS) is 10.8. The highest BCUT2D eigenvalue weighted by atomic mass is 16.6. The van der Waals surface area contributed by atoms with Crippen LogP contribution in [-0.2, 0) is 9.47 Å². The number of carbonyl (C=O) groups is 2. The maximum Gasteiger partial charge on any atom is 0.412 e. The molecular formula is C17H19N3O4. The van der Waals surface area contributed by atoms with Crippen molar-refractivity contribution in [2.75, 3.05) is 12.4 Å². The maximum atomic E-state index is 11.7. The molecule has 7 heteroatoms. The molecule has 0 saturated carbocycles. The van der Waals surface area contributed by atoms with Gasteiger partial charge in [-0.1, -0.05) is 12.1 Å². The van der Waals surface area contributed by atoms with Gasteiger partial charge >= 0.3 is 12.1 Å². The Kier molecular flexibility index (Phi) is 5.13. The first kappa shape index (κ1) is 17.4. The molecule has 24 heavy (non-hydrogen) atoms. The summed E-state index contributed by atoms with van der Waals surface area (Å²) in [5, 5.41) is 2.64. The number of nitrogens with one attached hydrogen (secondary N) is 1. The van der Waals surface area contributed by atoms with E-state index in [0.29, 0.717) is 11.4 Å². The molecule has 0 aliphatic carbocycles. The minimum Gasteiger partial charge on any atom is -0.464 e. The zero-order chi connectivity index (χ0) is 17.7. The molecule has 0 radical (unpaired) electrons. The van der Waals surface area contributed by atoms with Gasteiger partial charge in [-0.3, -0.25) is 10.3 Å². The summed E-state index contributed by atoms with van der Waals surface area (Å²) in [6, 6.07) is 6.95. The molecule has 126 valence electrons. The first-order valence-corrected chi connectivity index (χ1v) is 7.29. The van der Waals surface area contributed by atoms with Crippen molar-refractivity contribution in [1.29, 1.82) is 0 Å².